The first-order valence-electron chi connectivity index (χ1n) is 11.6. The van der Waals surface area contributed by atoms with Crippen molar-refractivity contribution in [3.05, 3.63) is 105 Å². The van der Waals surface area contributed by atoms with Gasteiger partial charge >= 0.3 is 5.97 Å². The first-order chi connectivity index (χ1) is 17.3. The monoisotopic (exact) mass is 570 g/mol. The van der Waals surface area contributed by atoms with Gasteiger partial charge in [0.15, 0.2) is 18.1 Å². The molecular formula is C29H28BrClO5. The second kappa shape index (κ2) is 11.5. The molecule has 4 atom stereocenters. The highest BCUT2D eigenvalue weighted by Crippen LogP contribution is 2.54. The van der Waals surface area contributed by atoms with Crippen molar-refractivity contribution in [2.45, 2.75) is 31.5 Å². The summed E-state index contributed by atoms with van der Waals surface area (Å²) >= 11 is 9.94. The van der Waals surface area contributed by atoms with E-state index in [1.165, 1.54) is 12.7 Å². The minimum Gasteiger partial charge on any atom is -0.493 e. The predicted octanol–water partition coefficient (Wildman–Crippen LogP) is 7.75. The summed E-state index contributed by atoms with van der Waals surface area (Å²) in [5.41, 5.74) is 3.81. The number of carbonyl (C=O) groups is 1. The Bertz CT molecular complexity index is 1250. The molecular weight excluding hydrogens is 544 g/mol. The molecule has 7 heteroatoms. The van der Waals surface area contributed by atoms with E-state index >= 15 is 0 Å². The average molecular weight is 572 g/mol. The van der Waals surface area contributed by atoms with E-state index in [-0.39, 0.29) is 17.9 Å². The Morgan fingerprint density at radius 1 is 1.11 bits per heavy atom. The van der Waals surface area contributed by atoms with Gasteiger partial charge in [-0.05, 0) is 48.7 Å². The first-order valence-corrected chi connectivity index (χ1v) is 12.8. The van der Waals surface area contributed by atoms with Gasteiger partial charge in [-0.3, -0.25) is 0 Å². The summed E-state index contributed by atoms with van der Waals surface area (Å²) in [6, 6.07) is 21.7. The summed E-state index contributed by atoms with van der Waals surface area (Å²) in [5.74, 6) is -0.304. The maximum atomic E-state index is 11.3. The number of benzene rings is 3. The molecule has 1 heterocycles. The second-order valence-corrected chi connectivity index (χ2v) is 10.3. The third kappa shape index (κ3) is 5.77. The zero-order valence-electron chi connectivity index (χ0n) is 20.1. The molecule has 1 aliphatic heterocycles. The van der Waals surface area contributed by atoms with Crippen LogP contribution in [0.5, 0.6) is 11.5 Å². The molecule has 0 saturated carbocycles. The van der Waals surface area contributed by atoms with Gasteiger partial charge in [0, 0.05) is 26.9 Å². The molecule has 0 amide bonds. The molecule has 1 N–H and O–H groups in total. The summed E-state index contributed by atoms with van der Waals surface area (Å²) in [7, 11) is 1.53. The van der Waals surface area contributed by atoms with Gasteiger partial charge in [0.2, 0.25) is 0 Å². The topological polar surface area (TPSA) is 65.0 Å². The van der Waals surface area contributed by atoms with Crippen molar-refractivity contribution in [1.29, 1.82) is 0 Å². The van der Waals surface area contributed by atoms with Gasteiger partial charge in [-0.2, -0.15) is 0 Å². The van der Waals surface area contributed by atoms with Gasteiger partial charge in [0.1, 0.15) is 0 Å². The van der Waals surface area contributed by atoms with Crippen LogP contribution >= 0.6 is 27.5 Å². The standard InChI is InChI=1S/C29H28BrClO5/c1-17(2)22-15-23(18-8-5-4-6-9-18)27(19-10-7-11-21(31)12-19)36-28(22)24-13-20(30)14-25(34-3)29(24)35-16-26(32)33/h4-14,22-23,27-28H,1,15-16H2,2-3H3,(H,32,33)/t22-,23+,27+,28+/m1/s1. The van der Waals surface area contributed by atoms with Gasteiger partial charge in [-0.15, -0.1) is 0 Å². The van der Waals surface area contributed by atoms with E-state index in [4.69, 9.17) is 25.8 Å². The smallest absolute Gasteiger partial charge is 0.341 e. The number of ether oxygens (including phenoxy) is 3. The Kier molecular flexibility index (Phi) is 8.39. The fraction of sp³-hybridized carbons (Fsp3) is 0.276. The number of rotatable bonds is 8. The Hall–Kier alpha value is -2.80. The van der Waals surface area contributed by atoms with Crippen LogP contribution in [0.15, 0.2) is 83.4 Å². The maximum absolute atomic E-state index is 11.3. The summed E-state index contributed by atoms with van der Waals surface area (Å²) in [6.45, 7) is 5.78. The second-order valence-electron chi connectivity index (χ2n) is 8.95. The summed E-state index contributed by atoms with van der Waals surface area (Å²) < 4.78 is 19.0. The van der Waals surface area contributed by atoms with Crippen LogP contribution in [0, 0.1) is 5.92 Å². The van der Waals surface area contributed by atoms with Crippen LogP contribution in [-0.4, -0.2) is 24.8 Å². The molecule has 5 nitrogen and oxygen atoms in total. The molecule has 4 rings (SSSR count). The van der Waals surface area contributed by atoms with Crippen molar-refractivity contribution in [3.63, 3.8) is 0 Å². The van der Waals surface area contributed by atoms with Crippen LogP contribution in [-0.2, 0) is 9.53 Å². The number of halogens is 2. The van der Waals surface area contributed by atoms with Gasteiger partial charge in [-0.1, -0.05) is 82.1 Å². The van der Waals surface area contributed by atoms with E-state index in [0.717, 1.165) is 22.0 Å². The quantitative estimate of drug-likeness (QED) is 0.280. The van der Waals surface area contributed by atoms with Gasteiger partial charge in [-0.25, -0.2) is 4.79 Å². The molecule has 0 unspecified atom stereocenters. The molecule has 36 heavy (non-hydrogen) atoms. The minimum atomic E-state index is -1.08. The zero-order valence-corrected chi connectivity index (χ0v) is 22.5. The van der Waals surface area contributed by atoms with Crippen LogP contribution in [0.2, 0.25) is 5.02 Å². The van der Waals surface area contributed by atoms with Gasteiger partial charge in [0.05, 0.1) is 19.3 Å². The number of aliphatic carboxylic acids is 1. The lowest BCUT2D eigenvalue weighted by molar-refractivity contribution is -0.139. The highest BCUT2D eigenvalue weighted by Gasteiger charge is 2.42. The third-order valence-corrected chi connectivity index (χ3v) is 7.18. The molecule has 0 radical (unpaired) electrons. The highest BCUT2D eigenvalue weighted by molar-refractivity contribution is 9.10. The molecule has 0 aromatic heterocycles. The lowest BCUT2D eigenvalue weighted by atomic mass is 9.74. The molecule has 1 saturated heterocycles. The van der Waals surface area contributed by atoms with Crippen LogP contribution in [0.25, 0.3) is 0 Å². The van der Waals surface area contributed by atoms with Crippen LogP contribution < -0.4 is 9.47 Å². The third-order valence-electron chi connectivity index (χ3n) is 6.48. The largest absolute Gasteiger partial charge is 0.493 e. The van der Waals surface area contributed by atoms with Gasteiger partial charge < -0.3 is 19.3 Å². The number of carboxylic acids is 1. The molecule has 1 aliphatic rings. The fourth-order valence-corrected chi connectivity index (χ4v) is 5.52. The maximum Gasteiger partial charge on any atom is 0.341 e. The van der Waals surface area contributed by atoms with E-state index in [2.05, 4.69) is 34.6 Å². The summed E-state index contributed by atoms with van der Waals surface area (Å²) in [6.07, 6.45) is 0.0135. The Morgan fingerprint density at radius 2 is 1.83 bits per heavy atom. The Morgan fingerprint density at radius 3 is 2.47 bits per heavy atom. The normalized spacial score (nSPS) is 21.6. The van der Waals surface area contributed by atoms with E-state index in [1.807, 2.05) is 55.5 Å². The summed E-state index contributed by atoms with van der Waals surface area (Å²) in [5, 5.41) is 9.91. The molecule has 3 aromatic carbocycles. The number of hydrogen-bond acceptors (Lipinski definition) is 4. The van der Waals surface area contributed by atoms with Gasteiger partial charge in [0.25, 0.3) is 0 Å². The lowest BCUT2D eigenvalue weighted by Gasteiger charge is -2.43. The van der Waals surface area contributed by atoms with E-state index in [0.29, 0.717) is 22.1 Å². The highest BCUT2D eigenvalue weighted by atomic mass is 79.9. The molecule has 0 spiro atoms. The van der Waals surface area contributed by atoms with Crippen molar-refractivity contribution in [1.82, 2.24) is 0 Å². The van der Waals surface area contributed by atoms with Crippen LogP contribution in [0.1, 0.15) is 48.2 Å². The Balaban J connectivity index is 1.85. The van der Waals surface area contributed by atoms with Crippen molar-refractivity contribution < 1.29 is 24.1 Å². The molecule has 188 valence electrons. The van der Waals surface area contributed by atoms with Crippen molar-refractivity contribution in [3.8, 4) is 11.5 Å². The predicted molar refractivity (Wildman–Crippen MR) is 144 cm³/mol. The van der Waals surface area contributed by atoms with Crippen molar-refractivity contribution in [2.75, 3.05) is 13.7 Å². The van der Waals surface area contributed by atoms with E-state index < -0.39 is 18.7 Å². The van der Waals surface area contributed by atoms with Crippen molar-refractivity contribution in [2.24, 2.45) is 5.92 Å². The first kappa shape index (κ1) is 26.3. The van der Waals surface area contributed by atoms with E-state index in [1.54, 1.807) is 6.07 Å². The molecule has 3 aromatic rings. The number of methoxy groups -OCH3 is 1. The number of carboxylic acid groups (broad SMARTS) is 1. The summed E-state index contributed by atoms with van der Waals surface area (Å²) in [4.78, 5) is 11.3. The molecule has 0 aliphatic carbocycles. The molecule has 0 bridgehead atoms. The lowest BCUT2D eigenvalue weighted by Crippen LogP contribution is -2.32. The van der Waals surface area contributed by atoms with E-state index in [9.17, 15) is 9.90 Å². The van der Waals surface area contributed by atoms with Crippen LogP contribution in [0.3, 0.4) is 0 Å². The minimum absolute atomic E-state index is 0.0556. The number of hydrogen-bond donors (Lipinski definition) is 1. The zero-order chi connectivity index (χ0) is 25.8. The fourth-order valence-electron chi connectivity index (χ4n) is 4.86. The Labute approximate surface area is 224 Å². The average Bonchev–Trinajstić information content (AvgIpc) is 2.87. The SMILES string of the molecule is C=C(C)[C@H]1C[C@@H](c2ccccc2)[C@H](c2cccc(Cl)c2)O[C@@H]1c1cc(Br)cc(OC)c1OCC(=O)O. The van der Waals surface area contributed by atoms with Crippen LogP contribution in [0.4, 0.5) is 0 Å². The van der Waals surface area contributed by atoms with Crippen molar-refractivity contribution >= 4 is 33.5 Å². The molecule has 1 fully saturated rings.